The van der Waals surface area contributed by atoms with Crippen molar-refractivity contribution in [2.75, 3.05) is 12.8 Å². The first-order valence-corrected chi connectivity index (χ1v) is 5.26. The van der Waals surface area contributed by atoms with E-state index in [0.717, 1.165) is 0 Å². The molecule has 2 aromatic rings. The third-order valence-electron chi connectivity index (χ3n) is 2.10. The molecule has 0 atom stereocenters. The summed E-state index contributed by atoms with van der Waals surface area (Å²) in [6, 6.07) is 4.60. The van der Waals surface area contributed by atoms with Gasteiger partial charge in [-0.2, -0.15) is 0 Å². The fourth-order valence-corrected chi connectivity index (χ4v) is 1.89. The molecule has 1 aromatic heterocycles. The lowest BCUT2D eigenvalue weighted by molar-refractivity contribution is 0.386. The molecule has 2 rings (SSSR count). The van der Waals surface area contributed by atoms with Crippen LogP contribution in [0.4, 0.5) is 10.3 Å². The summed E-state index contributed by atoms with van der Waals surface area (Å²) >= 11 is 3.26. The summed E-state index contributed by atoms with van der Waals surface area (Å²) in [4.78, 5) is 6.83. The second kappa shape index (κ2) is 4.13. The van der Waals surface area contributed by atoms with E-state index in [0.29, 0.717) is 15.9 Å². The van der Waals surface area contributed by atoms with Gasteiger partial charge >= 0.3 is 0 Å². The lowest BCUT2D eigenvalue weighted by atomic mass is 10.1. The van der Waals surface area contributed by atoms with Crippen LogP contribution >= 0.6 is 15.9 Å². The minimum atomic E-state index is -0.437. The van der Waals surface area contributed by atoms with Gasteiger partial charge < -0.3 is 15.5 Å². The highest BCUT2D eigenvalue weighted by molar-refractivity contribution is 9.10. The molecule has 4 nitrogen and oxygen atoms in total. The Morgan fingerprint density at radius 3 is 2.75 bits per heavy atom. The summed E-state index contributed by atoms with van der Waals surface area (Å²) in [5.74, 6) is 0.0370. The van der Waals surface area contributed by atoms with Gasteiger partial charge in [0.1, 0.15) is 10.3 Å². The van der Waals surface area contributed by atoms with Gasteiger partial charge in [-0.15, -0.1) is 0 Å². The second-order valence-corrected chi connectivity index (χ2v) is 3.93. The second-order valence-electron chi connectivity index (χ2n) is 3.13. The first-order chi connectivity index (χ1) is 7.61. The number of H-pyrrole nitrogens is 1. The number of halogens is 2. The van der Waals surface area contributed by atoms with E-state index in [4.69, 9.17) is 10.5 Å². The molecule has 0 bridgehead atoms. The predicted molar refractivity (Wildman–Crippen MR) is 62.6 cm³/mol. The molecule has 0 aliphatic heterocycles. The van der Waals surface area contributed by atoms with Gasteiger partial charge in [0.15, 0.2) is 17.5 Å². The molecule has 0 radical (unpaired) electrons. The molecule has 0 aliphatic rings. The van der Waals surface area contributed by atoms with E-state index in [2.05, 4.69) is 25.9 Å². The molecular formula is C10H9BrFN3O. The van der Waals surface area contributed by atoms with Gasteiger partial charge in [0.25, 0.3) is 0 Å². The zero-order valence-corrected chi connectivity index (χ0v) is 10.0. The average molecular weight is 286 g/mol. The predicted octanol–water partition coefficient (Wildman–Crippen LogP) is 2.57. The molecule has 0 fully saturated rings. The van der Waals surface area contributed by atoms with Crippen LogP contribution in [0, 0.1) is 5.82 Å². The van der Waals surface area contributed by atoms with Gasteiger partial charge in [0.05, 0.1) is 7.11 Å². The lowest BCUT2D eigenvalue weighted by Crippen LogP contribution is -1.89. The Labute approximate surface area is 99.8 Å². The molecule has 0 aliphatic carbocycles. The number of nitrogen functional groups attached to an aromatic ring is 1. The van der Waals surface area contributed by atoms with Crippen molar-refractivity contribution in [3.8, 4) is 17.0 Å². The molecule has 16 heavy (non-hydrogen) atoms. The Bertz CT molecular complexity index is 527. The molecule has 1 heterocycles. The van der Waals surface area contributed by atoms with E-state index in [-0.39, 0.29) is 11.7 Å². The number of rotatable bonds is 2. The van der Waals surface area contributed by atoms with Crippen LogP contribution < -0.4 is 10.5 Å². The van der Waals surface area contributed by atoms with Gasteiger partial charge in [0.2, 0.25) is 0 Å². The zero-order valence-electron chi connectivity index (χ0n) is 8.42. The normalized spacial score (nSPS) is 10.4. The number of hydrogen-bond donors (Lipinski definition) is 2. The number of aromatic nitrogens is 2. The Morgan fingerprint density at radius 1 is 1.50 bits per heavy atom. The van der Waals surface area contributed by atoms with Crippen molar-refractivity contribution >= 4 is 21.9 Å². The third-order valence-corrected chi connectivity index (χ3v) is 2.68. The fourth-order valence-electron chi connectivity index (χ4n) is 1.37. The number of ether oxygens (including phenoxy) is 1. The van der Waals surface area contributed by atoms with Crippen molar-refractivity contribution in [1.82, 2.24) is 9.97 Å². The number of nitrogens with one attached hydrogen (secondary N) is 1. The van der Waals surface area contributed by atoms with Crippen LogP contribution in [0.2, 0.25) is 0 Å². The lowest BCUT2D eigenvalue weighted by Gasteiger charge is -2.03. The molecule has 6 heteroatoms. The smallest absolute Gasteiger partial charge is 0.198 e. The van der Waals surface area contributed by atoms with Crippen LogP contribution in [-0.4, -0.2) is 17.1 Å². The van der Waals surface area contributed by atoms with Gasteiger partial charge in [-0.25, -0.2) is 9.37 Å². The highest BCUT2D eigenvalue weighted by atomic mass is 79.9. The standard InChI is InChI=1S/C10H9BrFN3O/c1-16-7-3-2-5(4-6(7)12)8-9(11)15-10(13)14-8/h2-4H,1H3,(H3,13,14,15). The van der Waals surface area contributed by atoms with E-state index in [9.17, 15) is 4.39 Å². The van der Waals surface area contributed by atoms with Gasteiger partial charge in [-0.3, -0.25) is 0 Å². The number of methoxy groups -OCH3 is 1. The number of benzene rings is 1. The summed E-state index contributed by atoms with van der Waals surface area (Å²) in [6.45, 7) is 0. The van der Waals surface area contributed by atoms with E-state index in [1.54, 1.807) is 12.1 Å². The van der Waals surface area contributed by atoms with Crippen molar-refractivity contribution in [1.29, 1.82) is 0 Å². The number of imidazole rings is 1. The monoisotopic (exact) mass is 285 g/mol. The molecule has 84 valence electrons. The molecule has 3 N–H and O–H groups in total. The van der Waals surface area contributed by atoms with Crippen molar-refractivity contribution < 1.29 is 9.13 Å². The van der Waals surface area contributed by atoms with E-state index in [1.807, 2.05) is 0 Å². The molecule has 1 aromatic carbocycles. The molecule has 0 saturated heterocycles. The Kier molecular flexibility index (Phi) is 2.82. The van der Waals surface area contributed by atoms with Crippen LogP contribution in [0.5, 0.6) is 5.75 Å². The van der Waals surface area contributed by atoms with E-state index < -0.39 is 5.82 Å². The van der Waals surface area contributed by atoms with E-state index >= 15 is 0 Å². The molecule has 0 spiro atoms. The quantitative estimate of drug-likeness (QED) is 0.891. The number of nitrogens with two attached hydrogens (primary N) is 1. The zero-order chi connectivity index (χ0) is 11.7. The minimum Gasteiger partial charge on any atom is -0.494 e. The first-order valence-electron chi connectivity index (χ1n) is 4.46. The number of aromatic amines is 1. The van der Waals surface area contributed by atoms with E-state index in [1.165, 1.54) is 13.2 Å². The summed E-state index contributed by atoms with van der Waals surface area (Å²) in [7, 11) is 1.42. The SMILES string of the molecule is COc1ccc(-c2nc(N)[nH]c2Br)cc1F. The maximum atomic E-state index is 13.5. The number of hydrogen-bond acceptors (Lipinski definition) is 3. The Hall–Kier alpha value is -1.56. The Morgan fingerprint density at radius 2 is 2.25 bits per heavy atom. The third kappa shape index (κ3) is 1.88. The minimum absolute atomic E-state index is 0.198. The number of anilines is 1. The largest absolute Gasteiger partial charge is 0.494 e. The first kappa shape index (κ1) is 10.9. The van der Waals surface area contributed by atoms with Crippen molar-refractivity contribution in [2.24, 2.45) is 0 Å². The van der Waals surface area contributed by atoms with Crippen molar-refractivity contribution in [3.63, 3.8) is 0 Å². The summed E-state index contributed by atoms with van der Waals surface area (Å²) in [6.07, 6.45) is 0. The van der Waals surface area contributed by atoms with Gasteiger partial charge in [0, 0.05) is 5.56 Å². The molecule has 0 amide bonds. The maximum absolute atomic E-state index is 13.5. The molecule has 0 unspecified atom stereocenters. The van der Waals surface area contributed by atoms with Crippen LogP contribution in [0.3, 0.4) is 0 Å². The van der Waals surface area contributed by atoms with Crippen LogP contribution in [0.15, 0.2) is 22.8 Å². The molecular weight excluding hydrogens is 277 g/mol. The maximum Gasteiger partial charge on any atom is 0.198 e. The summed E-state index contributed by atoms with van der Waals surface area (Å²) in [5.41, 5.74) is 6.69. The Balaban J connectivity index is 2.49. The number of nitrogens with zero attached hydrogens (tertiary/aromatic N) is 1. The van der Waals surface area contributed by atoms with Crippen LogP contribution in [-0.2, 0) is 0 Å². The summed E-state index contributed by atoms with van der Waals surface area (Å²) in [5, 5.41) is 0. The summed E-state index contributed by atoms with van der Waals surface area (Å²) < 4.78 is 18.9. The average Bonchev–Trinajstić information content (AvgIpc) is 2.58. The topological polar surface area (TPSA) is 63.9 Å². The van der Waals surface area contributed by atoms with Crippen LogP contribution in [0.1, 0.15) is 0 Å². The highest BCUT2D eigenvalue weighted by Gasteiger charge is 2.11. The molecule has 0 saturated carbocycles. The fraction of sp³-hybridized carbons (Fsp3) is 0.100. The van der Waals surface area contributed by atoms with Crippen molar-refractivity contribution in [3.05, 3.63) is 28.6 Å². The van der Waals surface area contributed by atoms with Crippen molar-refractivity contribution in [2.45, 2.75) is 0 Å². The van der Waals surface area contributed by atoms with Gasteiger partial charge in [-0.05, 0) is 34.1 Å². The van der Waals surface area contributed by atoms with Gasteiger partial charge in [-0.1, -0.05) is 0 Å². The van der Waals surface area contributed by atoms with Crippen LogP contribution in [0.25, 0.3) is 11.3 Å². The highest BCUT2D eigenvalue weighted by Crippen LogP contribution is 2.29.